The van der Waals surface area contributed by atoms with Gasteiger partial charge in [0.1, 0.15) is 11.5 Å². The molecule has 2 fully saturated rings. The number of hydrogen-bond donors (Lipinski definition) is 0. The number of hydrogen-bond acceptors (Lipinski definition) is 7. The number of anilines is 2. The minimum atomic E-state index is -0.0589. The molecule has 0 N–H and O–H groups in total. The van der Waals surface area contributed by atoms with Gasteiger partial charge in [-0.3, -0.25) is 4.79 Å². The van der Waals surface area contributed by atoms with Crippen molar-refractivity contribution >= 4 is 17.4 Å². The quantitative estimate of drug-likeness (QED) is 0.517. The maximum absolute atomic E-state index is 13.5. The number of piperazine rings is 1. The van der Waals surface area contributed by atoms with Gasteiger partial charge in [0.15, 0.2) is 5.82 Å². The van der Waals surface area contributed by atoms with E-state index in [0.29, 0.717) is 18.2 Å². The van der Waals surface area contributed by atoms with E-state index in [0.717, 1.165) is 62.8 Å². The van der Waals surface area contributed by atoms with Crippen LogP contribution in [0.15, 0.2) is 60.9 Å². The van der Waals surface area contributed by atoms with Crippen molar-refractivity contribution in [3.05, 3.63) is 66.5 Å². The Labute approximate surface area is 212 Å². The highest BCUT2D eigenvalue weighted by molar-refractivity contribution is 5.80. The molecule has 36 heavy (non-hydrogen) atoms. The number of ether oxygens (including phenoxy) is 2. The smallest absolute Gasteiger partial charge is 0.263 e. The molecule has 3 aromatic rings. The minimum Gasteiger partial charge on any atom is -0.497 e. The Morgan fingerprint density at radius 2 is 1.69 bits per heavy atom. The molecule has 0 bridgehead atoms. The SMILES string of the molecule is COc1cccc(N2CCN(C(=O)[C@@H]3CCCN(c4nccnc4Oc4ccc(C)cc4)C3)CC2)c1. The Morgan fingerprint density at radius 3 is 2.47 bits per heavy atom. The monoisotopic (exact) mass is 487 g/mol. The summed E-state index contributed by atoms with van der Waals surface area (Å²) in [6, 6.07) is 16.0. The Balaban J connectivity index is 1.22. The average molecular weight is 488 g/mol. The Kier molecular flexibility index (Phi) is 7.21. The number of carbonyl (C=O) groups excluding carboxylic acids is 1. The maximum atomic E-state index is 13.5. The molecule has 2 saturated heterocycles. The van der Waals surface area contributed by atoms with Crippen LogP contribution in [0.3, 0.4) is 0 Å². The third kappa shape index (κ3) is 5.37. The molecular formula is C28H33N5O3. The van der Waals surface area contributed by atoms with Crippen LogP contribution < -0.4 is 19.3 Å². The molecule has 0 aliphatic carbocycles. The van der Waals surface area contributed by atoms with E-state index in [2.05, 4.69) is 25.8 Å². The Bertz CT molecular complexity index is 1180. The number of benzene rings is 2. The van der Waals surface area contributed by atoms with E-state index in [9.17, 15) is 4.79 Å². The third-order valence-electron chi connectivity index (χ3n) is 6.96. The first-order valence-electron chi connectivity index (χ1n) is 12.6. The lowest BCUT2D eigenvalue weighted by molar-refractivity contribution is -0.136. The van der Waals surface area contributed by atoms with E-state index in [-0.39, 0.29) is 11.8 Å². The number of carbonyl (C=O) groups is 1. The van der Waals surface area contributed by atoms with Crippen LogP contribution in [0.4, 0.5) is 11.5 Å². The summed E-state index contributed by atoms with van der Waals surface area (Å²) in [4.78, 5) is 29.0. The van der Waals surface area contributed by atoms with E-state index < -0.39 is 0 Å². The van der Waals surface area contributed by atoms with E-state index in [1.807, 2.05) is 54.3 Å². The molecule has 1 aromatic heterocycles. The molecular weight excluding hydrogens is 454 g/mol. The number of nitrogens with zero attached hydrogens (tertiary/aromatic N) is 5. The van der Waals surface area contributed by atoms with Crippen LogP contribution in [0, 0.1) is 12.8 Å². The maximum Gasteiger partial charge on any atom is 0.263 e. The predicted molar refractivity (Wildman–Crippen MR) is 140 cm³/mol. The first-order chi connectivity index (χ1) is 17.6. The fourth-order valence-corrected chi connectivity index (χ4v) is 4.95. The second kappa shape index (κ2) is 10.8. The van der Waals surface area contributed by atoms with Crippen LogP contribution in [0.1, 0.15) is 18.4 Å². The van der Waals surface area contributed by atoms with Crippen molar-refractivity contribution in [3.8, 4) is 17.4 Å². The normalized spacial score (nSPS) is 18.2. The summed E-state index contributed by atoms with van der Waals surface area (Å²) >= 11 is 0. The summed E-state index contributed by atoms with van der Waals surface area (Å²) in [5.74, 6) is 2.91. The van der Waals surface area contributed by atoms with Crippen molar-refractivity contribution in [2.75, 3.05) is 56.2 Å². The van der Waals surface area contributed by atoms with Gasteiger partial charge in [-0.05, 0) is 44.0 Å². The van der Waals surface area contributed by atoms with Gasteiger partial charge in [-0.15, -0.1) is 0 Å². The summed E-state index contributed by atoms with van der Waals surface area (Å²) in [5.41, 5.74) is 2.30. The second-order valence-electron chi connectivity index (χ2n) is 9.40. The van der Waals surface area contributed by atoms with Crippen LogP contribution >= 0.6 is 0 Å². The summed E-state index contributed by atoms with van der Waals surface area (Å²) in [5, 5.41) is 0. The van der Waals surface area contributed by atoms with Gasteiger partial charge in [0.25, 0.3) is 5.88 Å². The van der Waals surface area contributed by atoms with Crippen LogP contribution in [0.5, 0.6) is 17.4 Å². The summed E-state index contributed by atoms with van der Waals surface area (Å²) in [6.45, 7) is 6.57. The second-order valence-corrected chi connectivity index (χ2v) is 9.40. The fourth-order valence-electron chi connectivity index (χ4n) is 4.95. The average Bonchev–Trinajstić information content (AvgIpc) is 2.94. The Morgan fingerprint density at radius 1 is 0.917 bits per heavy atom. The molecule has 0 saturated carbocycles. The summed E-state index contributed by atoms with van der Waals surface area (Å²) in [7, 11) is 1.68. The van der Waals surface area contributed by atoms with E-state index in [4.69, 9.17) is 9.47 Å². The molecule has 1 atom stereocenters. The van der Waals surface area contributed by atoms with Crippen LogP contribution in [-0.4, -0.2) is 67.2 Å². The predicted octanol–water partition coefficient (Wildman–Crippen LogP) is 4.15. The van der Waals surface area contributed by atoms with Crippen LogP contribution in [0.2, 0.25) is 0 Å². The third-order valence-corrected chi connectivity index (χ3v) is 6.96. The highest BCUT2D eigenvalue weighted by Gasteiger charge is 2.32. The molecule has 2 aliphatic heterocycles. The highest BCUT2D eigenvalue weighted by atomic mass is 16.5. The first kappa shape index (κ1) is 23.9. The zero-order chi connectivity index (χ0) is 24.9. The molecule has 1 amide bonds. The molecule has 188 valence electrons. The van der Waals surface area contributed by atoms with Gasteiger partial charge < -0.3 is 24.2 Å². The van der Waals surface area contributed by atoms with E-state index >= 15 is 0 Å². The van der Waals surface area contributed by atoms with Gasteiger partial charge >= 0.3 is 0 Å². The molecule has 5 rings (SSSR count). The number of amides is 1. The van der Waals surface area contributed by atoms with Gasteiger partial charge in [0.2, 0.25) is 5.91 Å². The van der Waals surface area contributed by atoms with Crippen molar-refractivity contribution in [1.82, 2.24) is 14.9 Å². The molecule has 8 nitrogen and oxygen atoms in total. The topological polar surface area (TPSA) is 71.0 Å². The van der Waals surface area contributed by atoms with Gasteiger partial charge in [-0.1, -0.05) is 23.8 Å². The number of methoxy groups -OCH3 is 1. The number of aromatic nitrogens is 2. The molecule has 2 aromatic carbocycles. The lowest BCUT2D eigenvalue weighted by Crippen LogP contribution is -2.52. The summed E-state index contributed by atoms with van der Waals surface area (Å²) < 4.78 is 11.4. The van der Waals surface area contributed by atoms with Crippen molar-refractivity contribution in [2.45, 2.75) is 19.8 Å². The lowest BCUT2D eigenvalue weighted by Gasteiger charge is -2.40. The zero-order valence-electron chi connectivity index (χ0n) is 21.0. The van der Waals surface area contributed by atoms with E-state index in [1.54, 1.807) is 19.5 Å². The van der Waals surface area contributed by atoms with Gasteiger partial charge in [-0.2, -0.15) is 0 Å². The molecule has 0 unspecified atom stereocenters. The molecule has 0 radical (unpaired) electrons. The van der Waals surface area contributed by atoms with Crippen LogP contribution in [0.25, 0.3) is 0 Å². The Hall–Kier alpha value is -3.81. The number of aryl methyl sites for hydroxylation is 1. The van der Waals surface area contributed by atoms with Crippen molar-refractivity contribution in [1.29, 1.82) is 0 Å². The molecule has 0 spiro atoms. The first-order valence-corrected chi connectivity index (χ1v) is 12.6. The minimum absolute atomic E-state index is 0.0589. The van der Waals surface area contributed by atoms with Crippen LogP contribution in [-0.2, 0) is 4.79 Å². The van der Waals surface area contributed by atoms with Gasteiger partial charge in [-0.25, -0.2) is 9.97 Å². The van der Waals surface area contributed by atoms with Crippen molar-refractivity contribution < 1.29 is 14.3 Å². The van der Waals surface area contributed by atoms with Crippen molar-refractivity contribution in [3.63, 3.8) is 0 Å². The largest absolute Gasteiger partial charge is 0.497 e. The zero-order valence-corrected chi connectivity index (χ0v) is 21.0. The molecule has 3 heterocycles. The van der Waals surface area contributed by atoms with E-state index in [1.165, 1.54) is 5.56 Å². The fraction of sp³-hybridized carbons (Fsp3) is 0.393. The number of rotatable bonds is 6. The number of piperidine rings is 1. The lowest BCUT2D eigenvalue weighted by atomic mass is 9.96. The highest BCUT2D eigenvalue weighted by Crippen LogP contribution is 2.32. The van der Waals surface area contributed by atoms with Crippen molar-refractivity contribution in [2.24, 2.45) is 5.92 Å². The van der Waals surface area contributed by atoms with Gasteiger partial charge in [0, 0.05) is 63.4 Å². The summed E-state index contributed by atoms with van der Waals surface area (Å²) in [6.07, 6.45) is 5.14. The van der Waals surface area contributed by atoms with Gasteiger partial charge in [0.05, 0.1) is 13.0 Å². The molecule has 8 heteroatoms. The molecule has 2 aliphatic rings. The standard InChI is InChI=1S/C28H33N5O3/c1-21-8-10-24(11-9-21)36-27-26(29-12-13-30-27)33-14-4-5-22(20-33)28(34)32-17-15-31(16-18-32)23-6-3-7-25(19-23)35-2/h3,6-13,19,22H,4-5,14-18,20H2,1-2H3/t22-/m1/s1.